The molecule has 0 radical (unpaired) electrons. The molecule has 1 unspecified atom stereocenters. The monoisotopic (exact) mass is 379 g/mol. The van der Waals surface area contributed by atoms with Gasteiger partial charge in [0.2, 0.25) is 5.91 Å². The van der Waals surface area contributed by atoms with Crippen molar-refractivity contribution in [2.24, 2.45) is 10.8 Å². The molecule has 0 aliphatic heterocycles. The van der Waals surface area contributed by atoms with E-state index >= 15 is 0 Å². The Balaban J connectivity index is 3.01. The normalized spacial score (nSPS) is 14.6. The summed E-state index contributed by atoms with van der Waals surface area (Å²) in [6.07, 6.45) is 3.91. The van der Waals surface area contributed by atoms with E-state index in [2.05, 4.69) is 51.9 Å². The maximum absolute atomic E-state index is 11.7. The number of hydrogen-bond donors (Lipinski definition) is 3. The van der Waals surface area contributed by atoms with E-state index in [4.69, 9.17) is 0 Å². The van der Waals surface area contributed by atoms with E-state index in [-0.39, 0.29) is 33.7 Å². The van der Waals surface area contributed by atoms with Crippen molar-refractivity contribution in [1.82, 2.24) is 5.48 Å². The Hall–Kier alpha value is -1.75. The Morgan fingerprint density at radius 1 is 1.07 bits per heavy atom. The number of phenols is 2. The molecule has 0 saturated carbocycles. The van der Waals surface area contributed by atoms with Crippen molar-refractivity contribution < 1.29 is 19.8 Å². The second kappa shape index (κ2) is 8.96. The number of rotatable bonds is 9. The summed E-state index contributed by atoms with van der Waals surface area (Å²) in [5, 5.41) is 20.2. The van der Waals surface area contributed by atoms with E-state index in [0.717, 1.165) is 31.2 Å². The van der Waals surface area contributed by atoms with Crippen LogP contribution in [-0.4, -0.2) is 23.2 Å². The number of carbonyl (C=O) groups excluding carboxylic acids is 1. The van der Waals surface area contributed by atoms with Crippen LogP contribution in [0, 0.1) is 10.8 Å². The Kier molecular flexibility index (Phi) is 7.73. The lowest BCUT2D eigenvalue weighted by Crippen LogP contribution is -2.32. The molecule has 5 nitrogen and oxygen atoms in total. The number of hydrogen-bond acceptors (Lipinski definition) is 4. The summed E-state index contributed by atoms with van der Waals surface area (Å²) < 4.78 is 0. The third-order valence-corrected chi connectivity index (χ3v) is 4.94. The third-order valence-electron chi connectivity index (χ3n) is 4.94. The lowest BCUT2D eigenvalue weighted by atomic mass is 9.63. The predicted octanol–water partition coefficient (Wildman–Crippen LogP) is 5.06. The molecule has 0 aromatic heterocycles. The third kappa shape index (κ3) is 7.79. The lowest BCUT2D eigenvalue weighted by Gasteiger charge is -2.42. The summed E-state index contributed by atoms with van der Waals surface area (Å²) in [4.78, 5) is 16.4. The molecule has 0 spiro atoms. The molecule has 0 aliphatic carbocycles. The fraction of sp³-hybridized carbons (Fsp3) is 0.682. The molecule has 0 aliphatic rings. The zero-order valence-electron chi connectivity index (χ0n) is 18.0. The van der Waals surface area contributed by atoms with Crippen LogP contribution in [0.5, 0.6) is 11.5 Å². The molecule has 1 rings (SSSR count). The largest absolute Gasteiger partial charge is 0.508 e. The SMILES string of the molecule is CONC(=O)CCCC(C)(CC(C)(C)C)CC(C)(C)c1cc(O)ccc1O. The van der Waals surface area contributed by atoms with E-state index in [1.165, 1.54) is 13.2 Å². The van der Waals surface area contributed by atoms with E-state index in [1.54, 1.807) is 12.1 Å². The van der Waals surface area contributed by atoms with Crippen molar-refractivity contribution in [3.8, 4) is 11.5 Å². The Bertz CT molecular complexity index is 634. The van der Waals surface area contributed by atoms with Gasteiger partial charge in [-0.2, -0.15) is 0 Å². The lowest BCUT2D eigenvalue weighted by molar-refractivity contribution is -0.131. The number of nitrogens with one attached hydrogen (secondary N) is 1. The minimum atomic E-state index is -0.322. The molecule has 5 heteroatoms. The second-order valence-corrected chi connectivity index (χ2v) is 9.89. The van der Waals surface area contributed by atoms with Gasteiger partial charge in [-0.15, -0.1) is 0 Å². The summed E-state index contributed by atoms with van der Waals surface area (Å²) >= 11 is 0. The van der Waals surface area contributed by atoms with Crippen LogP contribution >= 0.6 is 0 Å². The van der Waals surface area contributed by atoms with Gasteiger partial charge in [-0.25, -0.2) is 5.48 Å². The van der Waals surface area contributed by atoms with Gasteiger partial charge >= 0.3 is 0 Å². The first-order valence-corrected chi connectivity index (χ1v) is 9.62. The fourth-order valence-electron chi connectivity index (χ4n) is 4.59. The van der Waals surface area contributed by atoms with E-state index in [9.17, 15) is 15.0 Å². The van der Waals surface area contributed by atoms with E-state index in [1.807, 2.05) is 0 Å². The molecule has 154 valence electrons. The zero-order valence-corrected chi connectivity index (χ0v) is 18.0. The predicted molar refractivity (Wildman–Crippen MR) is 109 cm³/mol. The van der Waals surface area contributed by atoms with Crippen LogP contribution < -0.4 is 5.48 Å². The Labute approximate surface area is 164 Å². The molecule has 3 N–H and O–H groups in total. The highest BCUT2D eigenvalue weighted by Crippen LogP contribution is 2.48. The van der Waals surface area contributed by atoms with Crippen molar-refractivity contribution in [1.29, 1.82) is 0 Å². The molecule has 1 aromatic carbocycles. The van der Waals surface area contributed by atoms with Crippen LogP contribution in [0.3, 0.4) is 0 Å². The van der Waals surface area contributed by atoms with Gasteiger partial charge in [-0.05, 0) is 60.1 Å². The van der Waals surface area contributed by atoms with Gasteiger partial charge in [0.25, 0.3) is 0 Å². The molecule has 0 fully saturated rings. The van der Waals surface area contributed by atoms with Gasteiger partial charge in [0, 0.05) is 12.0 Å². The number of phenolic OH excluding ortho intramolecular Hbond substituents is 2. The molecule has 0 saturated heterocycles. The van der Waals surface area contributed by atoms with Gasteiger partial charge in [0.1, 0.15) is 11.5 Å². The minimum absolute atomic E-state index is 0.0208. The van der Waals surface area contributed by atoms with Crippen molar-refractivity contribution in [2.45, 2.75) is 79.1 Å². The Morgan fingerprint density at radius 3 is 2.26 bits per heavy atom. The second-order valence-electron chi connectivity index (χ2n) is 9.89. The van der Waals surface area contributed by atoms with E-state index < -0.39 is 0 Å². The van der Waals surface area contributed by atoms with Crippen LogP contribution in [0.25, 0.3) is 0 Å². The van der Waals surface area contributed by atoms with Gasteiger partial charge in [0.05, 0.1) is 7.11 Å². The van der Waals surface area contributed by atoms with Crippen LogP contribution in [0.2, 0.25) is 0 Å². The summed E-state index contributed by atoms with van der Waals surface area (Å²) in [6, 6.07) is 4.69. The van der Waals surface area contributed by atoms with E-state index in [0.29, 0.717) is 6.42 Å². The molecule has 27 heavy (non-hydrogen) atoms. The Morgan fingerprint density at radius 2 is 1.70 bits per heavy atom. The van der Waals surface area contributed by atoms with Crippen LogP contribution in [0.1, 0.15) is 79.2 Å². The number of aromatic hydroxyl groups is 2. The summed E-state index contributed by atoms with van der Waals surface area (Å²) in [5.74, 6) is 0.250. The van der Waals surface area contributed by atoms with Crippen molar-refractivity contribution in [3.63, 3.8) is 0 Å². The maximum atomic E-state index is 11.7. The molecular weight excluding hydrogens is 342 g/mol. The van der Waals surface area contributed by atoms with Gasteiger partial charge in [-0.1, -0.05) is 41.5 Å². The number of benzene rings is 1. The first kappa shape index (κ1) is 23.3. The highest BCUT2D eigenvalue weighted by molar-refractivity contribution is 5.74. The standard InChI is InChI=1S/C22H37NO4/c1-20(2,3)14-22(6,12-8-9-19(26)23-27-7)15-21(4,5)17-13-16(24)10-11-18(17)25/h10-11,13,24-25H,8-9,12,14-15H2,1-7H3,(H,23,26). The molecule has 1 atom stereocenters. The van der Waals surface area contributed by atoms with Crippen LogP contribution in [-0.2, 0) is 15.0 Å². The highest BCUT2D eigenvalue weighted by Gasteiger charge is 2.37. The van der Waals surface area contributed by atoms with Gasteiger partial charge < -0.3 is 10.2 Å². The van der Waals surface area contributed by atoms with Crippen molar-refractivity contribution in [3.05, 3.63) is 23.8 Å². The molecular formula is C22H37NO4. The summed E-state index contributed by atoms with van der Waals surface area (Å²) in [6.45, 7) is 13.1. The topological polar surface area (TPSA) is 78.8 Å². The smallest absolute Gasteiger partial charge is 0.243 e. The average Bonchev–Trinajstić information content (AvgIpc) is 2.47. The van der Waals surface area contributed by atoms with Crippen LogP contribution in [0.4, 0.5) is 0 Å². The molecule has 1 amide bonds. The van der Waals surface area contributed by atoms with Crippen molar-refractivity contribution in [2.75, 3.05) is 7.11 Å². The highest BCUT2D eigenvalue weighted by atomic mass is 16.6. The summed E-state index contributed by atoms with van der Waals surface area (Å²) in [7, 11) is 1.44. The zero-order chi connectivity index (χ0) is 20.9. The minimum Gasteiger partial charge on any atom is -0.508 e. The number of hydroxylamine groups is 1. The fourth-order valence-corrected chi connectivity index (χ4v) is 4.59. The maximum Gasteiger partial charge on any atom is 0.243 e. The average molecular weight is 380 g/mol. The van der Waals surface area contributed by atoms with Crippen LogP contribution in [0.15, 0.2) is 18.2 Å². The first-order valence-electron chi connectivity index (χ1n) is 9.62. The molecule has 0 bridgehead atoms. The van der Waals surface area contributed by atoms with Gasteiger partial charge in [-0.3, -0.25) is 9.63 Å². The quantitative estimate of drug-likeness (QED) is 0.414. The number of amides is 1. The molecule has 0 heterocycles. The first-order chi connectivity index (χ1) is 12.3. The molecule has 1 aromatic rings. The summed E-state index contributed by atoms with van der Waals surface area (Å²) in [5.41, 5.74) is 2.91. The van der Waals surface area contributed by atoms with Crippen molar-refractivity contribution >= 4 is 5.91 Å². The number of carbonyl (C=O) groups is 1. The van der Waals surface area contributed by atoms with Gasteiger partial charge in [0.15, 0.2) is 0 Å².